The molecule has 0 saturated heterocycles. The lowest BCUT2D eigenvalue weighted by atomic mass is 10.3. The summed E-state index contributed by atoms with van der Waals surface area (Å²) in [6.45, 7) is 8.70. The molecule has 3 nitrogen and oxygen atoms in total. The Morgan fingerprint density at radius 3 is 2.92 bits per heavy atom. The Kier molecular flexibility index (Phi) is 3.58. The van der Waals surface area contributed by atoms with Crippen molar-refractivity contribution in [2.24, 2.45) is 0 Å². The summed E-state index contributed by atoms with van der Waals surface area (Å²) in [4.78, 5) is 8.47. The Balaban J connectivity index is 2.81. The van der Waals surface area contributed by atoms with Crippen LogP contribution in [0.3, 0.4) is 0 Å². The van der Waals surface area contributed by atoms with Crippen LogP contribution in [-0.4, -0.2) is 16.6 Å². The summed E-state index contributed by atoms with van der Waals surface area (Å²) in [6.07, 6.45) is 1.71. The van der Waals surface area contributed by atoms with Crippen molar-refractivity contribution in [3.8, 4) is 0 Å². The van der Waals surface area contributed by atoms with Gasteiger partial charge in [-0.2, -0.15) is 0 Å². The normalized spacial score (nSPS) is 10.0. The smallest absolute Gasteiger partial charge is 0.154 e. The summed E-state index contributed by atoms with van der Waals surface area (Å²) in [5.74, 6) is 0.719. The van der Waals surface area contributed by atoms with Gasteiger partial charge in [-0.25, -0.2) is 9.97 Å². The zero-order valence-electron chi connectivity index (χ0n) is 8.08. The molecule has 0 fully saturated rings. The van der Waals surface area contributed by atoms with Crippen LogP contribution in [0.2, 0.25) is 0 Å². The molecule has 1 aromatic heterocycles. The van der Waals surface area contributed by atoms with E-state index in [2.05, 4.69) is 16.5 Å². The number of rotatable bonds is 4. The number of hydrogen-bond donors (Lipinski definition) is 0. The van der Waals surface area contributed by atoms with Crippen molar-refractivity contribution in [1.29, 1.82) is 0 Å². The van der Waals surface area contributed by atoms with E-state index < -0.39 is 0 Å². The molecule has 13 heavy (non-hydrogen) atoms. The maximum Gasteiger partial charge on any atom is 0.154 e. The third kappa shape index (κ3) is 2.95. The van der Waals surface area contributed by atoms with E-state index in [0.717, 1.165) is 17.2 Å². The van der Waals surface area contributed by atoms with Crippen LogP contribution < -0.4 is 0 Å². The molecular weight excluding hydrogens is 164 g/mol. The lowest BCUT2D eigenvalue weighted by molar-refractivity contribution is 0.128. The predicted octanol–water partition coefficient (Wildman–Crippen LogP) is 1.96. The molecule has 0 radical (unpaired) electrons. The minimum Gasteiger partial charge on any atom is -0.374 e. The SMILES string of the molecule is C=Cc1cc(C)nc(COCC)n1. The first-order valence-electron chi connectivity index (χ1n) is 4.31. The molecule has 1 heterocycles. The molecule has 3 heteroatoms. The molecule has 0 amide bonds. The highest BCUT2D eigenvalue weighted by molar-refractivity contribution is 5.41. The van der Waals surface area contributed by atoms with Gasteiger partial charge in [-0.1, -0.05) is 6.58 Å². The highest BCUT2D eigenvalue weighted by Gasteiger charge is 1.99. The standard InChI is InChI=1S/C10H14N2O/c1-4-9-6-8(3)11-10(12-9)7-13-5-2/h4,6H,1,5,7H2,2-3H3. The first kappa shape index (κ1) is 9.86. The Bertz CT molecular complexity index is 297. The quantitative estimate of drug-likeness (QED) is 0.707. The molecular formula is C10H14N2O. The first-order chi connectivity index (χ1) is 6.26. The molecule has 1 rings (SSSR count). The van der Waals surface area contributed by atoms with E-state index in [1.807, 2.05) is 19.9 Å². The van der Waals surface area contributed by atoms with Crippen LogP contribution in [0.15, 0.2) is 12.6 Å². The van der Waals surface area contributed by atoms with Crippen LogP contribution in [0.4, 0.5) is 0 Å². The molecule has 0 unspecified atom stereocenters. The number of aryl methyl sites for hydroxylation is 1. The van der Waals surface area contributed by atoms with Crippen LogP contribution in [0, 0.1) is 6.92 Å². The molecule has 0 aliphatic rings. The van der Waals surface area contributed by atoms with Crippen molar-refractivity contribution >= 4 is 6.08 Å². The third-order valence-electron chi connectivity index (χ3n) is 1.56. The van der Waals surface area contributed by atoms with Gasteiger partial charge in [0.1, 0.15) is 6.61 Å². The van der Waals surface area contributed by atoms with E-state index in [-0.39, 0.29) is 0 Å². The number of hydrogen-bond acceptors (Lipinski definition) is 3. The summed E-state index contributed by atoms with van der Waals surface area (Å²) >= 11 is 0. The first-order valence-corrected chi connectivity index (χ1v) is 4.31. The second kappa shape index (κ2) is 4.72. The van der Waals surface area contributed by atoms with Crippen LogP contribution in [0.5, 0.6) is 0 Å². The van der Waals surface area contributed by atoms with Crippen molar-refractivity contribution in [2.75, 3.05) is 6.61 Å². The fourth-order valence-corrected chi connectivity index (χ4v) is 1.02. The lowest BCUT2D eigenvalue weighted by Gasteiger charge is -2.02. The van der Waals surface area contributed by atoms with Crippen LogP contribution in [0.25, 0.3) is 6.08 Å². The summed E-state index contributed by atoms with van der Waals surface area (Å²) in [5.41, 5.74) is 1.79. The highest BCUT2D eigenvalue weighted by atomic mass is 16.5. The fraction of sp³-hybridized carbons (Fsp3) is 0.400. The Morgan fingerprint density at radius 1 is 1.54 bits per heavy atom. The van der Waals surface area contributed by atoms with E-state index in [9.17, 15) is 0 Å². The van der Waals surface area contributed by atoms with Gasteiger partial charge in [-0.05, 0) is 26.0 Å². The maximum atomic E-state index is 5.21. The monoisotopic (exact) mass is 178 g/mol. The second-order valence-corrected chi connectivity index (χ2v) is 2.69. The van der Waals surface area contributed by atoms with Gasteiger partial charge in [-0.3, -0.25) is 0 Å². The number of aromatic nitrogens is 2. The third-order valence-corrected chi connectivity index (χ3v) is 1.56. The van der Waals surface area contributed by atoms with Gasteiger partial charge in [0.2, 0.25) is 0 Å². The summed E-state index contributed by atoms with van der Waals surface area (Å²) in [7, 11) is 0. The van der Waals surface area contributed by atoms with Crippen LogP contribution >= 0.6 is 0 Å². The molecule has 0 aliphatic carbocycles. The van der Waals surface area contributed by atoms with Gasteiger partial charge < -0.3 is 4.74 Å². The van der Waals surface area contributed by atoms with E-state index in [1.165, 1.54) is 0 Å². The average molecular weight is 178 g/mol. The number of nitrogens with zero attached hydrogens (tertiary/aromatic N) is 2. The molecule has 0 aliphatic heterocycles. The van der Waals surface area contributed by atoms with Crippen molar-refractivity contribution in [3.05, 3.63) is 29.9 Å². The second-order valence-electron chi connectivity index (χ2n) is 2.69. The minimum atomic E-state index is 0.471. The van der Waals surface area contributed by atoms with Gasteiger partial charge in [0.05, 0.1) is 5.69 Å². The van der Waals surface area contributed by atoms with Gasteiger partial charge in [0.15, 0.2) is 5.82 Å². The number of ether oxygens (including phenoxy) is 1. The average Bonchev–Trinajstić information content (AvgIpc) is 2.14. The molecule has 0 saturated carbocycles. The topological polar surface area (TPSA) is 35.0 Å². The zero-order chi connectivity index (χ0) is 9.68. The predicted molar refractivity (Wildman–Crippen MR) is 52.2 cm³/mol. The fourth-order valence-electron chi connectivity index (χ4n) is 1.02. The molecule has 0 aromatic carbocycles. The van der Waals surface area contributed by atoms with Crippen LogP contribution in [0.1, 0.15) is 24.1 Å². The van der Waals surface area contributed by atoms with E-state index in [1.54, 1.807) is 6.08 Å². The maximum absolute atomic E-state index is 5.21. The zero-order valence-corrected chi connectivity index (χ0v) is 8.08. The van der Waals surface area contributed by atoms with Crippen molar-refractivity contribution in [3.63, 3.8) is 0 Å². The van der Waals surface area contributed by atoms with Gasteiger partial charge in [-0.15, -0.1) is 0 Å². The van der Waals surface area contributed by atoms with Crippen molar-refractivity contribution < 1.29 is 4.74 Å². The summed E-state index contributed by atoms with van der Waals surface area (Å²) in [5, 5.41) is 0. The lowest BCUT2D eigenvalue weighted by Crippen LogP contribution is -2.01. The van der Waals surface area contributed by atoms with Gasteiger partial charge in [0.25, 0.3) is 0 Å². The molecule has 0 atom stereocenters. The van der Waals surface area contributed by atoms with Gasteiger partial charge in [0, 0.05) is 12.3 Å². The molecule has 0 N–H and O–H groups in total. The minimum absolute atomic E-state index is 0.471. The van der Waals surface area contributed by atoms with Crippen molar-refractivity contribution in [2.45, 2.75) is 20.5 Å². The largest absolute Gasteiger partial charge is 0.374 e. The summed E-state index contributed by atoms with van der Waals surface area (Å²) in [6, 6.07) is 1.89. The molecule has 0 bridgehead atoms. The summed E-state index contributed by atoms with van der Waals surface area (Å²) < 4.78 is 5.21. The van der Waals surface area contributed by atoms with E-state index in [4.69, 9.17) is 4.74 Å². The van der Waals surface area contributed by atoms with E-state index >= 15 is 0 Å². The molecule has 1 aromatic rings. The Labute approximate surface area is 78.5 Å². The Morgan fingerprint density at radius 2 is 2.31 bits per heavy atom. The Hall–Kier alpha value is -1.22. The van der Waals surface area contributed by atoms with E-state index in [0.29, 0.717) is 13.2 Å². The molecule has 70 valence electrons. The van der Waals surface area contributed by atoms with Crippen molar-refractivity contribution in [1.82, 2.24) is 9.97 Å². The van der Waals surface area contributed by atoms with Gasteiger partial charge >= 0.3 is 0 Å². The van der Waals surface area contributed by atoms with Crippen LogP contribution in [-0.2, 0) is 11.3 Å². The molecule has 0 spiro atoms. The highest BCUT2D eigenvalue weighted by Crippen LogP contribution is 2.02.